The Labute approximate surface area is 147 Å². The number of carbonyl (C=O) groups is 1. The molecule has 0 aliphatic rings. The zero-order valence-electron chi connectivity index (χ0n) is 14.0. The normalized spacial score (nSPS) is 11.6. The zero-order valence-corrected chi connectivity index (χ0v) is 14.0. The first-order valence-electron chi connectivity index (χ1n) is 7.71. The third-order valence-electron chi connectivity index (χ3n) is 4.06. The summed E-state index contributed by atoms with van der Waals surface area (Å²) in [5, 5.41) is 1.25. The van der Waals surface area contributed by atoms with E-state index in [9.17, 15) is 18.0 Å². The number of carbonyl (C=O) groups excluding carboxylic acids is 1. The molecule has 26 heavy (non-hydrogen) atoms. The molecule has 0 aliphatic heterocycles. The molecule has 3 rings (SSSR count). The second-order valence-electron chi connectivity index (χ2n) is 5.60. The minimum atomic E-state index is -4.55. The van der Waals surface area contributed by atoms with E-state index in [1.807, 2.05) is 0 Å². The average molecular weight is 360 g/mol. The number of hydrogen-bond acceptors (Lipinski definition) is 3. The maximum atomic E-state index is 13.4. The van der Waals surface area contributed by atoms with Crippen molar-refractivity contribution in [2.45, 2.75) is 6.18 Å². The fourth-order valence-electron chi connectivity index (χ4n) is 2.78. The Balaban J connectivity index is 2.38. The van der Waals surface area contributed by atoms with Gasteiger partial charge in [-0.3, -0.25) is 14.6 Å². The average Bonchev–Trinajstić information content (AvgIpc) is 2.65. The number of benzene rings is 2. The van der Waals surface area contributed by atoms with Crippen molar-refractivity contribution in [3.05, 3.63) is 65.9 Å². The molecule has 3 aromatic rings. The summed E-state index contributed by atoms with van der Waals surface area (Å²) in [6.07, 6.45) is -3.38. The minimum Gasteiger partial charge on any atom is -0.274 e. The minimum absolute atomic E-state index is 0.160. The van der Waals surface area contributed by atoms with Crippen LogP contribution in [0.15, 0.2) is 54.7 Å². The van der Waals surface area contributed by atoms with Crippen LogP contribution >= 0.6 is 0 Å². The number of pyridine rings is 1. The van der Waals surface area contributed by atoms with Crippen molar-refractivity contribution in [3.8, 4) is 11.1 Å². The van der Waals surface area contributed by atoms with Crippen molar-refractivity contribution in [2.24, 2.45) is 0 Å². The van der Waals surface area contributed by atoms with Crippen molar-refractivity contribution in [2.75, 3.05) is 14.2 Å². The van der Waals surface area contributed by atoms with E-state index in [-0.39, 0.29) is 16.5 Å². The molecular formula is C19H15F3N2O2. The van der Waals surface area contributed by atoms with Crippen molar-refractivity contribution in [1.29, 1.82) is 0 Å². The molecule has 0 bridgehead atoms. The Morgan fingerprint density at radius 2 is 1.77 bits per heavy atom. The van der Waals surface area contributed by atoms with E-state index in [0.717, 1.165) is 17.3 Å². The van der Waals surface area contributed by atoms with E-state index in [0.29, 0.717) is 11.1 Å². The largest absolute Gasteiger partial charge is 0.418 e. The van der Waals surface area contributed by atoms with Crippen LogP contribution in [0.3, 0.4) is 0 Å². The fourth-order valence-corrected chi connectivity index (χ4v) is 2.78. The van der Waals surface area contributed by atoms with Gasteiger partial charge in [0.1, 0.15) is 0 Å². The van der Waals surface area contributed by atoms with Crippen LogP contribution in [0.1, 0.15) is 15.9 Å². The number of fused-ring (bicyclic) bond motifs is 1. The molecule has 1 aromatic heterocycles. The summed E-state index contributed by atoms with van der Waals surface area (Å²) in [5.74, 6) is -0.502. The number of hydroxylamine groups is 2. The SMILES string of the molecule is CON(C)C(=O)c1cnc2c(C(F)(F)F)cccc2c1-c1ccccc1. The number of nitrogens with zero attached hydrogens (tertiary/aromatic N) is 2. The standard InChI is InChI=1S/C19H15F3N2O2/c1-24(26-2)18(25)14-11-23-17-13(9-6-10-15(17)19(20,21)22)16(14)12-7-4-3-5-8-12/h3-11H,1-2H3. The van der Waals surface area contributed by atoms with Gasteiger partial charge in [-0.25, -0.2) is 5.06 Å². The summed E-state index contributed by atoms with van der Waals surface area (Å²) in [6.45, 7) is 0. The molecule has 2 aromatic carbocycles. The number of aromatic nitrogens is 1. The number of rotatable bonds is 3. The number of amides is 1. The summed E-state index contributed by atoms with van der Waals surface area (Å²) in [7, 11) is 2.75. The summed E-state index contributed by atoms with van der Waals surface area (Å²) in [6, 6.07) is 12.6. The number of alkyl halides is 3. The molecule has 1 amide bonds. The Morgan fingerprint density at radius 1 is 1.08 bits per heavy atom. The van der Waals surface area contributed by atoms with E-state index >= 15 is 0 Å². The lowest BCUT2D eigenvalue weighted by molar-refractivity contribution is -0.136. The van der Waals surface area contributed by atoms with Crippen molar-refractivity contribution in [1.82, 2.24) is 10.0 Å². The lowest BCUT2D eigenvalue weighted by Gasteiger charge is -2.19. The fraction of sp³-hybridized carbons (Fsp3) is 0.158. The van der Waals surface area contributed by atoms with E-state index in [4.69, 9.17) is 4.84 Å². The van der Waals surface area contributed by atoms with E-state index in [2.05, 4.69) is 4.98 Å². The van der Waals surface area contributed by atoms with Crippen molar-refractivity contribution >= 4 is 16.8 Å². The first kappa shape index (κ1) is 17.9. The second kappa shape index (κ2) is 6.76. The van der Waals surface area contributed by atoms with Gasteiger partial charge in [0.15, 0.2) is 0 Å². The zero-order chi connectivity index (χ0) is 18.9. The predicted octanol–water partition coefficient (Wildman–Crippen LogP) is 4.55. The predicted molar refractivity (Wildman–Crippen MR) is 91.3 cm³/mol. The smallest absolute Gasteiger partial charge is 0.274 e. The Morgan fingerprint density at radius 3 is 2.38 bits per heavy atom. The molecule has 0 atom stereocenters. The van der Waals surface area contributed by atoms with Crippen LogP contribution in [-0.4, -0.2) is 30.1 Å². The Hall–Kier alpha value is -2.93. The highest BCUT2D eigenvalue weighted by molar-refractivity contribution is 6.08. The summed E-state index contributed by atoms with van der Waals surface area (Å²) >= 11 is 0. The maximum Gasteiger partial charge on any atom is 0.418 e. The Bertz CT molecular complexity index is 956. The summed E-state index contributed by atoms with van der Waals surface area (Å²) in [4.78, 5) is 21.5. The summed E-state index contributed by atoms with van der Waals surface area (Å²) in [5.41, 5.74) is 0.122. The lowest BCUT2D eigenvalue weighted by atomic mass is 9.94. The van der Waals surface area contributed by atoms with Gasteiger partial charge in [-0.15, -0.1) is 0 Å². The second-order valence-corrected chi connectivity index (χ2v) is 5.60. The van der Waals surface area contributed by atoms with Gasteiger partial charge in [0.25, 0.3) is 5.91 Å². The molecule has 0 saturated carbocycles. The van der Waals surface area contributed by atoms with Crippen LogP contribution in [0, 0.1) is 0 Å². The van der Waals surface area contributed by atoms with Crippen LogP contribution in [0.2, 0.25) is 0 Å². The quantitative estimate of drug-likeness (QED) is 0.644. The molecule has 0 spiro atoms. The van der Waals surface area contributed by atoms with Gasteiger partial charge >= 0.3 is 6.18 Å². The lowest BCUT2D eigenvalue weighted by Crippen LogP contribution is -2.26. The first-order valence-corrected chi connectivity index (χ1v) is 7.71. The van der Waals surface area contributed by atoms with Crippen LogP contribution in [0.4, 0.5) is 13.2 Å². The molecule has 0 saturated heterocycles. The molecular weight excluding hydrogens is 345 g/mol. The van der Waals surface area contributed by atoms with Gasteiger partial charge in [-0.1, -0.05) is 42.5 Å². The molecule has 0 radical (unpaired) electrons. The molecule has 0 fully saturated rings. The number of hydrogen-bond donors (Lipinski definition) is 0. The van der Waals surface area contributed by atoms with E-state index in [1.54, 1.807) is 30.3 Å². The maximum absolute atomic E-state index is 13.4. The molecule has 1 heterocycles. The van der Waals surface area contributed by atoms with E-state index in [1.165, 1.54) is 26.3 Å². The number of para-hydroxylation sites is 1. The van der Waals surface area contributed by atoms with Crippen molar-refractivity contribution in [3.63, 3.8) is 0 Å². The summed E-state index contributed by atoms with van der Waals surface area (Å²) < 4.78 is 40.1. The molecule has 0 aliphatic carbocycles. The van der Waals surface area contributed by atoms with Crippen LogP contribution in [0.5, 0.6) is 0 Å². The first-order chi connectivity index (χ1) is 12.3. The van der Waals surface area contributed by atoms with Crippen LogP contribution < -0.4 is 0 Å². The monoisotopic (exact) mass is 360 g/mol. The topological polar surface area (TPSA) is 42.4 Å². The molecule has 7 heteroatoms. The molecule has 0 N–H and O–H groups in total. The van der Waals surface area contributed by atoms with Gasteiger partial charge in [0.2, 0.25) is 0 Å². The van der Waals surface area contributed by atoms with Crippen molar-refractivity contribution < 1.29 is 22.8 Å². The highest BCUT2D eigenvalue weighted by atomic mass is 19.4. The van der Waals surface area contributed by atoms with Crippen LogP contribution in [0.25, 0.3) is 22.0 Å². The highest BCUT2D eigenvalue weighted by Gasteiger charge is 2.34. The van der Waals surface area contributed by atoms with Gasteiger partial charge < -0.3 is 0 Å². The highest BCUT2D eigenvalue weighted by Crippen LogP contribution is 2.38. The van der Waals surface area contributed by atoms with Gasteiger partial charge in [0.05, 0.1) is 23.8 Å². The van der Waals surface area contributed by atoms with Crippen LogP contribution in [-0.2, 0) is 11.0 Å². The van der Waals surface area contributed by atoms with Gasteiger partial charge in [0, 0.05) is 24.2 Å². The Kier molecular flexibility index (Phi) is 4.65. The number of halogens is 3. The molecule has 134 valence electrons. The third kappa shape index (κ3) is 3.13. The van der Waals surface area contributed by atoms with E-state index < -0.39 is 17.6 Å². The third-order valence-corrected chi connectivity index (χ3v) is 4.06. The van der Waals surface area contributed by atoms with Gasteiger partial charge in [-0.2, -0.15) is 13.2 Å². The molecule has 0 unspecified atom stereocenters. The molecule has 4 nitrogen and oxygen atoms in total. The van der Waals surface area contributed by atoms with Gasteiger partial charge in [-0.05, 0) is 11.6 Å².